The van der Waals surface area contributed by atoms with Crippen molar-refractivity contribution in [3.8, 4) is 11.5 Å². The van der Waals surface area contributed by atoms with E-state index in [4.69, 9.17) is 14.6 Å². The molecule has 0 aliphatic heterocycles. The lowest BCUT2D eigenvalue weighted by molar-refractivity contribution is -0.137. The van der Waals surface area contributed by atoms with Crippen molar-refractivity contribution < 1.29 is 24.2 Å². The van der Waals surface area contributed by atoms with Crippen LogP contribution in [0.2, 0.25) is 0 Å². The molecule has 22 heavy (non-hydrogen) atoms. The van der Waals surface area contributed by atoms with Crippen molar-refractivity contribution in [2.24, 2.45) is 5.92 Å². The van der Waals surface area contributed by atoms with Crippen LogP contribution in [0.15, 0.2) is 24.3 Å². The Morgan fingerprint density at radius 2 is 1.82 bits per heavy atom. The molecule has 2 N–H and O–H groups in total. The number of ether oxygens (including phenoxy) is 2. The predicted octanol–water partition coefficient (Wildman–Crippen LogP) is 2.08. The second-order valence-electron chi connectivity index (χ2n) is 5.53. The topological polar surface area (TPSA) is 84.9 Å². The fraction of sp³-hybridized carbons (Fsp3) is 0.500. The SMILES string of the molecule is CC(C)COc1cccc(OCC(=O)NC(C)CC(=O)O)c1. The number of benzene rings is 1. The molecule has 6 nitrogen and oxygen atoms in total. The standard InChI is InChI=1S/C16H23NO5/c1-11(2)9-21-13-5-4-6-14(8-13)22-10-15(18)17-12(3)7-16(19)20/h4-6,8,11-12H,7,9-10H2,1-3H3,(H,17,18)(H,19,20). The number of rotatable bonds is 9. The summed E-state index contributed by atoms with van der Waals surface area (Å²) < 4.78 is 11.0. The average molecular weight is 309 g/mol. The van der Waals surface area contributed by atoms with E-state index < -0.39 is 12.0 Å². The molecule has 122 valence electrons. The average Bonchev–Trinajstić information content (AvgIpc) is 2.42. The molecule has 0 aliphatic rings. The molecule has 0 fully saturated rings. The number of carboxylic acids is 1. The molecule has 0 aliphatic carbocycles. The smallest absolute Gasteiger partial charge is 0.305 e. The van der Waals surface area contributed by atoms with Crippen molar-refractivity contribution >= 4 is 11.9 Å². The summed E-state index contributed by atoms with van der Waals surface area (Å²) in [6, 6.07) is 6.63. The molecule has 1 unspecified atom stereocenters. The van der Waals surface area contributed by atoms with Crippen LogP contribution in [0.3, 0.4) is 0 Å². The molecule has 1 rings (SSSR count). The van der Waals surface area contributed by atoms with Crippen LogP contribution < -0.4 is 14.8 Å². The van der Waals surface area contributed by atoms with Gasteiger partial charge in [-0.3, -0.25) is 9.59 Å². The van der Waals surface area contributed by atoms with Gasteiger partial charge in [-0.2, -0.15) is 0 Å². The van der Waals surface area contributed by atoms with Gasteiger partial charge >= 0.3 is 5.97 Å². The zero-order valence-corrected chi connectivity index (χ0v) is 13.2. The monoisotopic (exact) mass is 309 g/mol. The zero-order chi connectivity index (χ0) is 16.5. The summed E-state index contributed by atoms with van der Waals surface area (Å²) in [5.74, 6) is 0.324. The number of aliphatic carboxylic acids is 1. The van der Waals surface area contributed by atoms with E-state index in [1.165, 1.54) is 0 Å². The Morgan fingerprint density at radius 1 is 1.18 bits per heavy atom. The number of amides is 1. The van der Waals surface area contributed by atoms with Crippen LogP contribution in [0.5, 0.6) is 11.5 Å². The molecule has 0 heterocycles. The molecule has 1 aromatic carbocycles. The van der Waals surface area contributed by atoms with Crippen LogP contribution >= 0.6 is 0 Å². The van der Waals surface area contributed by atoms with Crippen molar-refractivity contribution in [1.82, 2.24) is 5.32 Å². The summed E-state index contributed by atoms with van der Waals surface area (Å²) in [5, 5.41) is 11.2. The summed E-state index contributed by atoms with van der Waals surface area (Å²) in [7, 11) is 0. The van der Waals surface area contributed by atoms with Gasteiger partial charge in [0.25, 0.3) is 5.91 Å². The molecule has 0 spiro atoms. The highest BCUT2D eigenvalue weighted by Gasteiger charge is 2.11. The van der Waals surface area contributed by atoms with Gasteiger partial charge in [0.2, 0.25) is 0 Å². The summed E-state index contributed by atoms with van der Waals surface area (Å²) in [4.78, 5) is 22.2. The molecule has 0 saturated carbocycles. The second kappa shape index (κ2) is 8.92. The normalized spacial score (nSPS) is 11.8. The number of hydrogen-bond donors (Lipinski definition) is 2. The number of carboxylic acid groups (broad SMARTS) is 1. The number of carbonyl (C=O) groups excluding carboxylic acids is 1. The van der Waals surface area contributed by atoms with Gasteiger partial charge in [-0.05, 0) is 25.0 Å². The Balaban J connectivity index is 2.42. The molecular formula is C16H23NO5. The van der Waals surface area contributed by atoms with Gasteiger partial charge in [0.1, 0.15) is 11.5 Å². The minimum Gasteiger partial charge on any atom is -0.493 e. The molecule has 6 heteroatoms. The van der Waals surface area contributed by atoms with Crippen LogP contribution in [0, 0.1) is 5.92 Å². The van der Waals surface area contributed by atoms with Crippen molar-refractivity contribution in [2.75, 3.05) is 13.2 Å². The van der Waals surface area contributed by atoms with Crippen molar-refractivity contribution in [1.29, 1.82) is 0 Å². The zero-order valence-electron chi connectivity index (χ0n) is 13.2. The Bertz CT molecular complexity index is 501. The number of carbonyl (C=O) groups is 2. The molecule has 0 saturated heterocycles. The fourth-order valence-corrected chi connectivity index (χ4v) is 1.70. The first-order chi connectivity index (χ1) is 10.4. The van der Waals surface area contributed by atoms with Gasteiger partial charge in [0.05, 0.1) is 13.0 Å². The van der Waals surface area contributed by atoms with Crippen molar-refractivity contribution in [3.63, 3.8) is 0 Å². The summed E-state index contributed by atoms with van der Waals surface area (Å²) in [6.45, 7) is 6.19. The largest absolute Gasteiger partial charge is 0.493 e. The molecule has 1 amide bonds. The summed E-state index contributed by atoms with van der Waals surface area (Å²) >= 11 is 0. The minimum atomic E-state index is -0.955. The van der Waals surface area contributed by atoms with E-state index in [-0.39, 0.29) is 18.9 Å². The molecule has 0 bridgehead atoms. The predicted molar refractivity (Wildman–Crippen MR) is 82.1 cm³/mol. The summed E-state index contributed by atoms with van der Waals surface area (Å²) in [5.41, 5.74) is 0. The first-order valence-electron chi connectivity index (χ1n) is 7.23. The quantitative estimate of drug-likeness (QED) is 0.729. The Labute approximate surface area is 130 Å². The Kier molecular flexibility index (Phi) is 7.22. The van der Waals surface area contributed by atoms with Crippen LogP contribution in [0.4, 0.5) is 0 Å². The maximum atomic E-state index is 11.6. The number of nitrogens with one attached hydrogen (secondary N) is 1. The highest BCUT2D eigenvalue weighted by molar-refractivity contribution is 5.78. The third kappa shape index (κ3) is 7.52. The Morgan fingerprint density at radius 3 is 2.41 bits per heavy atom. The second-order valence-corrected chi connectivity index (χ2v) is 5.53. The lowest BCUT2D eigenvalue weighted by Crippen LogP contribution is -2.37. The molecular weight excluding hydrogens is 286 g/mol. The maximum Gasteiger partial charge on any atom is 0.305 e. The van der Waals surface area contributed by atoms with Crippen molar-refractivity contribution in [3.05, 3.63) is 24.3 Å². The molecule has 0 aromatic heterocycles. The third-order valence-electron chi connectivity index (χ3n) is 2.65. The van der Waals surface area contributed by atoms with E-state index in [1.807, 2.05) is 6.07 Å². The minimum absolute atomic E-state index is 0.121. The van der Waals surface area contributed by atoms with E-state index in [2.05, 4.69) is 19.2 Å². The van der Waals surface area contributed by atoms with Crippen LogP contribution in [-0.2, 0) is 9.59 Å². The maximum absolute atomic E-state index is 11.6. The van der Waals surface area contributed by atoms with E-state index in [9.17, 15) is 9.59 Å². The lowest BCUT2D eigenvalue weighted by Gasteiger charge is -2.13. The van der Waals surface area contributed by atoms with Gasteiger partial charge in [-0.15, -0.1) is 0 Å². The van der Waals surface area contributed by atoms with Gasteiger partial charge in [-0.1, -0.05) is 19.9 Å². The van der Waals surface area contributed by atoms with E-state index >= 15 is 0 Å². The summed E-state index contributed by atoms with van der Waals surface area (Å²) in [6.07, 6.45) is -0.121. The van der Waals surface area contributed by atoms with Crippen LogP contribution in [0.25, 0.3) is 0 Å². The first-order valence-corrected chi connectivity index (χ1v) is 7.23. The van der Waals surface area contributed by atoms with Crippen molar-refractivity contribution in [2.45, 2.75) is 33.2 Å². The molecule has 1 aromatic rings. The first kappa shape index (κ1) is 17.8. The molecule has 1 atom stereocenters. The lowest BCUT2D eigenvalue weighted by atomic mass is 10.2. The van der Waals surface area contributed by atoms with Gasteiger partial charge in [0, 0.05) is 12.1 Å². The Hall–Kier alpha value is -2.24. The van der Waals surface area contributed by atoms with Crippen LogP contribution in [-0.4, -0.2) is 36.2 Å². The van der Waals surface area contributed by atoms with E-state index in [1.54, 1.807) is 25.1 Å². The van der Waals surface area contributed by atoms with E-state index in [0.29, 0.717) is 24.0 Å². The molecule has 0 radical (unpaired) electrons. The fourth-order valence-electron chi connectivity index (χ4n) is 1.70. The van der Waals surface area contributed by atoms with Crippen LogP contribution in [0.1, 0.15) is 27.2 Å². The van der Waals surface area contributed by atoms with E-state index in [0.717, 1.165) is 0 Å². The van der Waals surface area contributed by atoms with Gasteiger partial charge in [0.15, 0.2) is 6.61 Å². The van der Waals surface area contributed by atoms with Gasteiger partial charge in [-0.25, -0.2) is 0 Å². The third-order valence-corrected chi connectivity index (χ3v) is 2.65. The number of hydrogen-bond acceptors (Lipinski definition) is 4. The highest BCUT2D eigenvalue weighted by atomic mass is 16.5. The highest BCUT2D eigenvalue weighted by Crippen LogP contribution is 2.19. The van der Waals surface area contributed by atoms with Gasteiger partial charge < -0.3 is 19.9 Å².